The predicted molar refractivity (Wildman–Crippen MR) is 78.4 cm³/mol. The molecule has 2 aromatic rings. The van der Waals surface area contributed by atoms with Gasteiger partial charge in [-0.1, -0.05) is 13.8 Å². The third kappa shape index (κ3) is 2.91. The summed E-state index contributed by atoms with van der Waals surface area (Å²) in [7, 11) is 0. The fourth-order valence-electron chi connectivity index (χ4n) is 2.48. The van der Waals surface area contributed by atoms with Crippen LogP contribution in [0.1, 0.15) is 41.3 Å². The van der Waals surface area contributed by atoms with E-state index in [9.17, 15) is 4.79 Å². The highest BCUT2D eigenvalue weighted by molar-refractivity contribution is 5.94. The van der Waals surface area contributed by atoms with Crippen molar-refractivity contribution >= 4 is 5.91 Å². The third-order valence-electron chi connectivity index (χ3n) is 3.51. The quantitative estimate of drug-likeness (QED) is 0.866. The normalized spacial score (nSPS) is 13.6. The monoisotopic (exact) mass is 282 g/mol. The van der Waals surface area contributed by atoms with Gasteiger partial charge >= 0.3 is 0 Å². The van der Waals surface area contributed by atoms with Crippen LogP contribution in [0.15, 0.2) is 30.7 Å². The minimum absolute atomic E-state index is 0.0146. The summed E-state index contributed by atoms with van der Waals surface area (Å²) in [5.41, 5.74) is 2.68. The SMILES string of the molecule is CC(C)Cc1ncc2c(n1)CN(C(=O)c1ccncc1)C2. The van der Waals surface area contributed by atoms with E-state index < -0.39 is 0 Å². The zero-order valence-electron chi connectivity index (χ0n) is 12.3. The number of fused-ring (bicyclic) bond motifs is 1. The van der Waals surface area contributed by atoms with E-state index in [0.717, 1.165) is 23.5 Å². The van der Waals surface area contributed by atoms with Gasteiger partial charge in [-0.3, -0.25) is 9.78 Å². The fraction of sp³-hybridized carbons (Fsp3) is 0.375. The van der Waals surface area contributed by atoms with E-state index in [0.29, 0.717) is 24.6 Å². The van der Waals surface area contributed by atoms with Crippen molar-refractivity contribution in [3.8, 4) is 0 Å². The van der Waals surface area contributed by atoms with E-state index in [4.69, 9.17) is 0 Å². The highest BCUT2D eigenvalue weighted by Crippen LogP contribution is 2.22. The molecular weight excluding hydrogens is 264 g/mol. The fourth-order valence-corrected chi connectivity index (χ4v) is 2.48. The molecule has 21 heavy (non-hydrogen) atoms. The Hall–Kier alpha value is -2.30. The molecule has 3 rings (SSSR count). The number of pyridine rings is 1. The molecule has 1 aliphatic rings. The van der Waals surface area contributed by atoms with Crippen molar-refractivity contribution in [2.24, 2.45) is 5.92 Å². The lowest BCUT2D eigenvalue weighted by Crippen LogP contribution is -2.25. The molecule has 0 unspecified atom stereocenters. The van der Waals surface area contributed by atoms with Crippen LogP contribution in [0, 0.1) is 5.92 Å². The molecule has 1 amide bonds. The molecule has 0 radical (unpaired) electrons. The van der Waals surface area contributed by atoms with Crippen molar-refractivity contribution in [3.05, 3.63) is 53.4 Å². The maximum atomic E-state index is 12.4. The minimum Gasteiger partial charge on any atom is -0.328 e. The van der Waals surface area contributed by atoms with E-state index in [-0.39, 0.29) is 5.91 Å². The van der Waals surface area contributed by atoms with Crippen LogP contribution < -0.4 is 0 Å². The molecule has 0 fully saturated rings. The Labute approximate surface area is 124 Å². The first kappa shape index (κ1) is 13.7. The lowest BCUT2D eigenvalue weighted by molar-refractivity contribution is 0.0750. The molecule has 0 aromatic carbocycles. The van der Waals surface area contributed by atoms with Crippen LogP contribution in [-0.4, -0.2) is 25.8 Å². The molecule has 0 N–H and O–H groups in total. The molecule has 1 aliphatic heterocycles. The smallest absolute Gasteiger partial charge is 0.254 e. The van der Waals surface area contributed by atoms with Gasteiger partial charge in [0.25, 0.3) is 5.91 Å². The number of carbonyl (C=O) groups is 1. The van der Waals surface area contributed by atoms with E-state index in [2.05, 4.69) is 28.8 Å². The highest BCUT2D eigenvalue weighted by atomic mass is 16.2. The zero-order valence-corrected chi connectivity index (χ0v) is 12.3. The Kier molecular flexibility index (Phi) is 3.64. The van der Waals surface area contributed by atoms with Crippen LogP contribution in [0.2, 0.25) is 0 Å². The van der Waals surface area contributed by atoms with Crippen LogP contribution in [0.3, 0.4) is 0 Å². The lowest BCUT2D eigenvalue weighted by atomic mass is 10.1. The van der Waals surface area contributed by atoms with Crippen molar-refractivity contribution in [2.75, 3.05) is 0 Å². The summed E-state index contributed by atoms with van der Waals surface area (Å²) in [4.78, 5) is 27.2. The maximum Gasteiger partial charge on any atom is 0.254 e. The van der Waals surface area contributed by atoms with Gasteiger partial charge in [-0.05, 0) is 18.1 Å². The first-order valence-corrected chi connectivity index (χ1v) is 7.16. The van der Waals surface area contributed by atoms with Gasteiger partial charge in [0.15, 0.2) is 0 Å². The minimum atomic E-state index is 0.0146. The summed E-state index contributed by atoms with van der Waals surface area (Å²) in [6.45, 7) is 5.44. The maximum absolute atomic E-state index is 12.4. The number of carbonyl (C=O) groups excluding carboxylic acids is 1. The van der Waals surface area contributed by atoms with E-state index >= 15 is 0 Å². The Morgan fingerprint density at radius 1 is 1.29 bits per heavy atom. The van der Waals surface area contributed by atoms with E-state index in [1.165, 1.54) is 0 Å². The summed E-state index contributed by atoms with van der Waals surface area (Å²) in [6.07, 6.45) is 6.00. The number of nitrogens with zero attached hydrogens (tertiary/aromatic N) is 4. The number of aromatic nitrogens is 3. The predicted octanol–water partition coefficient (Wildman–Crippen LogP) is 2.23. The van der Waals surface area contributed by atoms with Crippen molar-refractivity contribution in [3.63, 3.8) is 0 Å². The lowest BCUT2D eigenvalue weighted by Gasteiger charge is -2.14. The second kappa shape index (κ2) is 5.60. The molecule has 5 heteroatoms. The van der Waals surface area contributed by atoms with Gasteiger partial charge in [-0.25, -0.2) is 9.97 Å². The van der Waals surface area contributed by atoms with Crippen molar-refractivity contribution in [1.29, 1.82) is 0 Å². The Balaban J connectivity index is 1.77. The van der Waals surface area contributed by atoms with Gasteiger partial charge in [0.1, 0.15) is 5.82 Å². The van der Waals surface area contributed by atoms with Gasteiger partial charge in [-0.2, -0.15) is 0 Å². The number of rotatable bonds is 3. The van der Waals surface area contributed by atoms with Crippen LogP contribution >= 0.6 is 0 Å². The topological polar surface area (TPSA) is 59.0 Å². The molecule has 0 bridgehead atoms. The molecule has 3 heterocycles. The average molecular weight is 282 g/mol. The molecule has 0 saturated heterocycles. The molecule has 5 nitrogen and oxygen atoms in total. The Bertz CT molecular complexity index is 655. The molecule has 0 saturated carbocycles. The van der Waals surface area contributed by atoms with Crippen LogP contribution in [0.4, 0.5) is 0 Å². The average Bonchev–Trinajstić information content (AvgIpc) is 2.90. The van der Waals surface area contributed by atoms with Gasteiger partial charge in [0.2, 0.25) is 0 Å². The van der Waals surface area contributed by atoms with Crippen LogP contribution in [0.5, 0.6) is 0 Å². The Morgan fingerprint density at radius 2 is 2.05 bits per heavy atom. The zero-order chi connectivity index (χ0) is 14.8. The number of amides is 1. The summed E-state index contributed by atoms with van der Waals surface area (Å²) in [5.74, 6) is 1.40. The van der Waals surface area contributed by atoms with E-state index in [1.807, 2.05) is 6.20 Å². The van der Waals surface area contributed by atoms with E-state index in [1.54, 1.807) is 29.4 Å². The van der Waals surface area contributed by atoms with Crippen molar-refractivity contribution in [2.45, 2.75) is 33.4 Å². The summed E-state index contributed by atoms with van der Waals surface area (Å²) in [5, 5.41) is 0. The number of hydrogen-bond donors (Lipinski definition) is 0. The molecule has 2 aromatic heterocycles. The van der Waals surface area contributed by atoms with Gasteiger partial charge in [0.05, 0.1) is 12.2 Å². The van der Waals surface area contributed by atoms with Crippen molar-refractivity contribution in [1.82, 2.24) is 19.9 Å². The first-order chi connectivity index (χ1) is 10.1. The molecule has 108 valence electrons. The van der Waals surface area contributed by atoms with Gasteiger partial charge in [0, 0.05) is 42.7 Å². The van der Waals surface area contributed by atoms with Crippen LogP contribution in [0.25, 0.3) is 0 Å². The van der Waals surface area contributed by atoms with Crippen LogP contribution in [-0.2, 0) is 19.5 Å². The molecule has 0 spiro atoms. The van der Waals surface area contributed by atoms with Gasteiger partial charge < -0.3 is 4.90 Å². The second-order valence-corrected chi connectivity index (χ2v) is 5.75. The van der Waals surface area contributed by atoms with Crippen molar-refractivity contribution < 1.29 is 4.79 Å². The highest BCUT2D eigenvalue weighted by Gasteiger charge is 2.26. The molecule has 0 aliphatic carbocycles. The second-order valence-electron chi connectivity index (χ2n) is 5.75. The van der Waals surface area contributed by atoms with Gasteiger partial charge in [-0.15, -0.1) is 0 Å². The third-order valence-corrected chi connectivity index (χ3v) is 3.51. The summed E-state index contributed by atoms with van der Waals surface area (Å²) < 4.78 is 0. The summed E-state index contributed by atoms with van der Waals surface area (Å²) >= 11 is 0. The Morgan fingerprint density at radius 3 is 2.76 bits per heavy atom. The first-order valence-electron chi connectivity index (χ1n) is 7.16. The largest absolute Gasteiger partial charge is 0.328 e. The molecular formula is C16H18N4O. The molecule has 0 atom stereocenters. The summed E-state index contributed by atoms with van der Waals surface area (Å²) in [6, 6.07) is 3.47. The number of hydrogen-bond acceptors (Lipinski definition) is 4. The standard InChI is InChI=1S/C16H18N4O/c1-11(2)7-15-18-8-13-9-20(10-14(13)19-15)16(21)12-3-5-17-6-4-12/h3-6,8,11H,7,9-10H2,1-2H3.